The van der Waals surface area contributed by atoms with Crippen LogP contribution in [-0.4, -0.2) is 40.1 Å². The van der Waals surface area contributed by atoms with Crippen molar-refractivity contribution in [2.45, 2.75) is 109 Å². The number of allylic oxidation sites excluding steroid dienone is 1. The van der Waals surface area contributed by atoms with Crippen LogP contribution in [-0.2, 0) is 4.74 Å². The molecule has 5 nitrogen and oxygen atoms in total. The molecule has 2 saturated heterocycles. The Morgan fingerprint density at radius 1 is 1.09 bits per heavy atom. The van der Waals surface area contributed by atoms with Gasteiger partial charge in [0.1, 0.15) is 5.54 Å². The fraction of sp³-hybridized carbons (Fsp3) is 0.926. The van der Waals surface area contributed by atoms with Crippen molar-refractivity contribution in [1.82, 2.24) is 5.01 Å². The molecule has 2 unspecified atom stereocenters. The fourth-order valence-electron chi connectivity index (χ4n) is 10.5. The molecule has 4 aliphatic carbocycles. The third-order valence-corrected chi connectivity index (χ3v) is 12.1. The summed E-state index contributed by atoms with van der Waals surface area (Å²) in [6, 6.07) is 0. The lowest BCUT2D eigenvalue weighted by Gasteiger charge is -2.59. The second kappa shape index (κ2) is 6.19. The molecule has 0 aromatic carbocycles. The summed E-state index contributed by atoms with van der Waals surface area (Å²) >= 11 is 0. The van der Waals surface area contributed by atoms with Gasteiger partial charge < -0.3 is 9.84 Å². The highest BCUT2D eigenvalue weighted by Gasteiger charge is 2.77. The number of ether oxygens (including phenoxy) is 1. The molecule has 0 aromatic rings. The maximum Gasteiger partial charge on any atom is 0.185 e. The van der Waals surface area contributed by atoms with E-state index in [0.29, 0.717) is 23.4 Å². The average Bonchev–Trinajstić information content (AvgIpc) is 3.29. The number of fused-ring (bicyclic) bond motifs is 8. The molecule has 5 fully saturated rings. The second-order valence-electron chi connectivity index (χ2n) is 13.4. The van der Waals surface area contributed by atoms with E-state index < -0.39 is 0 Å². The summed E-state index contributed by atoms with van der Waals surface area (Å²) in [6.45, 7) is 10.8. The number of aliphatic hydroxyl groups is 1. The summed E-state index contributed by atoms with van der Waals surface area (Å²) in [6.07, 6.45) is 13.1. The van der Waals surface area contributed by atoms with E-state index in [1.54, 1.807) is 5.57 Å². The first-order valence-electron chi connectivity index (χ1n) is 13.5. The molecule has 1 spiro atoms. The first-order chi connectivity index (χ1) is 15.2. The highest BCUT2D eigenvalue weighted by molar-refractivity contribution is 5.29. The topological polar surface area (TPSA) is 57.4 Å². The highest BCUT2D eigenvalue weighted by Crippen LogP contribution is 2.73. The van der Waals surface area contributed by atoms with Crippen molar-refractivity contribution in [2.75, 3.05) is 6.54 Å². The number of hydrogen-bond acceptors (Lipinski definition) is 5. The largest absolute Gasteiger partial charge is 0.393 e. The molecule has 0 radical (unpaired) electrons. The molecule has 32 heavy (non-hydrogen) atoms. The smallest absolute Gasteiger partial charge is 0.185 e. The van der Waals surface area contributed by atoms with E-state index in [1.165, 1.54) is 32.1 Å². The van der Waals surface area contributed by atoms with Crippen LogP contribution in [0.3, 0.4) is 0 Å². The first kappa shape index (κ1) is 20.4. The number of aliphatic hydroxyl groups excluding tert-OH is 1. The van der Waals surface area contributed by atoms with Crippen molar-refractivity contribution < 1.29 is 9.84 Å². The number of nitrogens with zero attached hydrogens (tertiary/aromatic N) is 3. The average molecular weight is 440 g/mol. The monoisotopic (exact) mass is 439 g/mol. The summed E-state index contributed by atoms with van der Waals surface area (Å²) in [7, 11) is 0. The lowest BCUT2D eigenvalue weighted by atomic mass is 9.46. The van der Waals surface area contributed by atoms with E-state index in [-0.39, 0.29) is 22.8 Å². The van der Waals surface area contributed by atoms with E-state index in [9.17, 15) is 5.11 Å². The van der Waals surface area contributed by atoms with Crippen LogP contribution >= 0.6 is 0 Å². The lowest BCUT2D eigenvalue weighted by Crippen LogP contribution is -2.62. The van der Waals surface area contributed by atoms with Gasteiger partial charge >= 0.3 is 0 Å². The van der Waals surface area contributed by atoms with Crippen LogP contribution in [0.1, 0.15) is 85.5 Å². The predicted molar refractivity (Wildman–Crippen MR) is 123 cm³/mol. The van der Waals surface area contributed by atoms with Crippen LogP contribution in [0.25, 0.3) is 0 Å². The molecule has 176 valence electrons. The van der Waals surface area contributed by atoms with Crippen molar-refractivity contribution in [3.05, 3.63) is 11.6 Å². The van der Waals surface area contributed by atoms with Crippen molar-refractivity contribution in [3.63, 3.8) is 0 Å². The summed E-state index contributed by atoms with van der Waals surface area (Å²) in [4.78, 5) is 0. The zero-order valence-corrected chi connectivity index (χ0v) is 20.4. The maximum absolute atomic E-state index is 10.3. The summed E-state index contributed by atoms with van der Waals surface area (Å²) in [5.74, 6) is 3.40. The Kier molecular flexibility index (Phi) is 3.95. The Morgan fingerprint density at radius 2 is 1.94 bits per heavy atom. The quantitative estimate of drug-likeness (QED) is 0.507. The van der Waals surface area contributed by atoms with Crippen LogP contribution in [0, 0.1) is 40.4 Å². The molecule has 0 amide bonds. The summed E-state index contributed by atoms with van der Waals surface area (Å²) < 4.78 is 7.12. The van der Waals surface area contributed by atoms with Crippen molar-refractivity contribution >= 4 is 0 Å². The van der Waals surface area contributed by atoms with Crippen LogP contribution in [0.4, 0.5) is 0 Å². The van der Waals surface area contributed by atoms with Crippen LogP contribution in [0.2, 0.25) is 0 Å². The van der Waals surface area contributed by atoms with E-state index in [2.05, 4.69) is 38.8 Å². The number of hydrogen-bond donors (Lipinski definition) is 1. The number of piperidine rings is 1. The summed E-state index contributed by atoms with van der Waals surface area (Å²) in [5, 5.41) is 22.3. The van der Waals surface area contributed by atoms with Gasteiger partial charge in [-0.15, -0.1) is 0 Å². The van der Waals surface area contributed by atoms with E-state index in [0.717, 1.165) is 50.0 Å². The second-order valence-corrected chi connectivity index (χ2v) is 13.4. The molecule has 3 heterocycles. The third kappa shape index (κ3) is 2.20. The Balaban J connectivity index is 1.23. The zero-order chi connectivity index (χ0) is 22.1. The van der Waals surface area contributed by atoms with Crippen molar-refractivity contribution in [1.29, 1.82) is 0 Å². The Morgan fingerprint density at radius 3 is 2.78 bits per heavy atom. The molecule has 7 aliphatic rings. The van der Waals surface area contributed by atoms with Gasteiger partial charge in [0.05, 0.1) is 12.2 Å². The van der Waals surface area contributed by atoms with E-state index in [1.807, 2.05) is 0 Å². The Bertz CT molecular complexity index is 903. The fourth-order valence-corrected chi connectivity index (χ4v) is 10.5. The minimum Gasteiger partial charge on any atom is -0.393 e. The van der Waals surface area contributed by atoms with Gasteiger partial charge in [0, 0.05) is 12.5 Å². The molecular weight excluding hydrogens is 398 g/mol. The number of rotatable bonds is 0. The molecule has 3 aliphatic heterocycles. The molecule has 0 bridgehead atoms. The normalized spacial score (nSPS) is 60.1. The molecule has 11 atom stereocenters. The first-order valence-corrected chi connectivity index (χ1v) is 13.5. The third-order valence-electron chi connectivity index (χ3n) is 12.1. The van der Waals surface area contributed by atoms with Crippen molar-refractivity contribution in [3.8, 4) is 0 Å². The Hall–Kier alpha value is -0.940. The molecule has 3 saturated carbocycles. The molecular formula is C27H41N3O2. The van der Waals surface area contributed by atoms with Gasteiger partial charge in [0.15, 0.2) is 5.72 Å². The molecule has 7 rings (SSSR count). The maximum atomic E-state index is 10.3. The lowest BCUT2D eigenvalue weighted by molar-refractivity contribution is -0.183. The Labute approximate surface area is 193 Å². The van der Waals surface area contributed by atoms with Gasteiger partial charge in [-0.05, 0) is 99.2 Å². The van der Waals surface area contributed by atoms with E-state index in [4.69, 9.17) is 15.1 Å². The van der Waals surface area contributed by atoms with Gasteiger partial charge in [-0.1, -0.05) is 37.6 Å². The molecule has 1 N–H and O–H groups in total. The SMILES string of the molecule is C[C@@H]1CCC23O[C@H]4C[C@H]5[C@@H]6CC=C7C[C@@H](O)CC[C@]7(C)[C@H]6CC[C@]5(C)[C@H]4C2(C)N=NN3C1. The van der Waals surface area contributed by atoms with Crippen LogP contribution < -0.4 is 0 Å². The van der Waals surface area contributed by atoms with E-state index >= 15 is 0 Å². The standard InChI is InChI=1S/C27H41N3O2/c1-16-7-12-27-26(4,28-29-30(27)15-16)23-22(32-27)14-21-19-6-5-17-13-18(31)8-10-24(17,2)20(19)9-11-25(21,23)3/h5,16,18-23,31H,6-15H2,1-4H3/t16-,18+,19-,20+,21+,22+,23+,24+,25+,26?,27?/m1/s1. The van der Waals surface area contributed by atoms with Crippen molar-refractivity contribution in [2.24, 2.45) is 50.8 Å². The molecule has 0 aromatic heterocycles. The van der Waals surface area contributed by atoms with Gasteiger partial charge in [-0.2, -0.15) is 5.11 Å². The van der Waals surface area contributed by atoms with Crippen LogP contribution in [0.5, 0.6) is 0 Å². The van der Waals surface area contributed by atoms with Gasteiger partial charge in [-0.3, -0.25) is 0 Å². The summed E-state index contributed by atoms with van der Waals surface area (Å²) in [5.41, 5.74) is 1.67. The van der Waals surface area contributed by atoms with Gasteiger partial charge in [0.25, 0.3) is 0 Å². The predicted octanol–water partition coefficient (Wildman–Crippen LogP) is 5.50. The van der Waals surface area contributed by atoms with Gasteiger partial charge in [0.2, 0.25) is 0 Å². The highest BCUT2D eigenvalue weighted by atomic mass is 16.5. The minimum absolute atomic E-state index is 0.121. The zero-order valence-electron chi connectivity index (χ0n) is 20.4. The molecule has 5 heteroatoms. The minimum atomic E-state index is -0.287. The van der Waals surface area contributed by atoms with Crippen LogP contribution in [0.15, 0.2) is 22.0 Å². The van der Waals surface area contributed by atoms with Gasteiger partial charge in [-0.25, -0.2) is 5.01 Å².